The molecule has 0 amide bonds. The second-order valence-corrected chi connectivity index (χ2v) is 5.20. The number of hydrogen-bond donors (Lipinski definition) is 1. The van der Waals surface area contributed by atoms with Gasteiger partial charge in [0, 0.05) is 18.3 Å². The molecule has 1 heterocycles. The second kappa shape index (κ2) is 6.39. The smallest absolute Gasteiger partial charge is 0.303 e. The fourth-order valence-corrected chi connectivity index (χ4v) is 2.52. The molecule has 0 aliphatic rings. The molecule has 2 rings (SSSR count). The van der Waals surface area contributed by atoms with Crippen LogP contribution in [-0.4, -0.2) is 21.6 Å². The monoisotopic (exact) mass is 285 g/mol. The van der Waals surface area contributed by atoms with Crippen LogP contribution in [0.2, 0.25) is 0 Å². The van der Waals surface area contributed by atoms with Crippen molar-refractivity contribution in [1.82, 2.24) is 4.57 Å². The van der Waals surface area contributed by atoms with Crippen molar-refractivity contribution in [2.75, 3.05) is 0 Å². The number of hydrogen-bond acceptors (Lipinski definition) is 2. The number of aryl methyl sites for hydroxylation is 1. The highest BCUT2D eigenvalue weighted by Gasteiger charge is 2.15. The van der Waals surface area contributed by atoms with Gasteiger partial charge in [-0.1, -0.05) is 30.3 Å². The highest BCUT2D eigenvalue weighted by atomic mass is 16.4. The lowest BCUT2D eigenvalue weighted by Gasteiger charge is -2.06. The van der Waals surface area contributed by atoms with E-state index in [1.165, 1.54) is 0 Å². The third-order valence-electron chi connectivity index (χ3n) is 3.65. The molecular weight excluding hydrogens is 266 g/mol. The zero-order valence-electron chi connectivity index (χ0n) is 12.3. The quantitative estimate of drug-likeness (QED) is 0.918. The van der Waals surface area contributed by atoms with Crippen LogP contribution in [0, 0.1) is 13.8 Å². The molecule has 0 radical (unpaired) electrons. The molecule has 110 valence electrons. The maximum Gasteiger partial charge on any atom is 0.303 e. The topological polar surface area (TPSA) is 59.3 Å². The van der Waals surface area contributed by atoms with Gasteiger partial charge in [-0.05, 0) is 37.0 Å². The number of aliphatic carboxylic acids is 1. The van der Waals surface area contributed by atoms with Crippen molar-refractivity contribution in [2.24, 2.45) is 0 Å². The number of carboxylic acids is 1. The van der Waals surface area contributed by atoms with Gasteiger partial charge in [-0.3, -0.25) is 14.2 Å². The highest BCUT2D eigenvalue weighted by molar-refractivity contribution is 5.82. The SMILES string of the molecule is Cc1cn(C(=O)Cc2ccccc2)c(C)c1CCC(=O)O. The van der Waals surface area contributed by atoms with E-state index in [0.29, 0.717) is 12.8 Å². The Labute approximate surface area is 124 Å². The summed E-state index contributed by atoms with van der Waals surface area (Å²) in [5.41, 5.74) is 3.74. The molecule has 0 unspecified atom stereocenters. The summed E-state index contributed by atoms with van der Waals surface area (Å²) in [7, 11) is 0. The summed E-state index contributed by atoms with van der Waals surface area (Å²) in [5, 5.41) is 8.79. The minimum atomic E-state index is -0.822. The van der Waals surface area contributed by atoms with E-state index in [4.69, 9.17) is 5.11 Å². The van der Waals surface area contributed by atoms with Gasteiger partial charge >= 0.3 is 5.97 Å². The van der Waals surface area contributed by atoms with Crippen LogP contribution in [0.15, 0.2) is 36.5 Å². The van der Waals surface area contributed by atoms with E-state index in [-0.39, 0.29) is 12.3 Å². The molecule has 4 heteroatoms. The van der Waals surface area contributed by atoms with Crippen molar-refractivity contribution in [3.05, 3.63) is 58.9 Å². The number of carbonyl (C=O) groups is 2. The van der Waals surface area contributed by atoms with E-state index in [0.717, 1.165) is 22.4 Å². The van der Waals surface area contributed by atoms with Crippen LogP contribution in [0.1, 0.15) is 33.6 Å². The summed E-state index contributed by atoms with van der Waals surface area (Å²) in [5.74, 6) is -0.819. The fraction of sp³-hybridized carbons (Fsp3) is 0.294. The molecular formula is C17H19NO3. The Hall–Kier alpha value is -2.36. The lowest BCUT2D eigenvalue weighted by molar-refractivity contribution is -0.136. The number of nitrogens with zero attached hydrogens (tertiary/aromatic N) is 1. The summed E-state index contributed by atoms with van der Waals surface area (Å²) in [6.45, 7) is 3.78. The van der Waals surface area contributed by atoms with Gasteiger partial charge in [0.2, 0.25) is 5.91 Å². The van der Waals surface area contributed by atoms with E-state index in [1.54, 1.807) is 10.8 Å². The molecule has 0 atom stereocenters. The Bertz CT molecular complexity index is 656. The van der Waals surface area contributed by atoms with Crippen LogP contribution in [0.5, 0.6) is 0 Å². The molecule has 1 aromatic carbocycles. The van der Waals surface area contributed by atoms with Crippen molar-refractivity contribution >= 4 is 11.9 Å². The average molecular weight is 285 g/mol. The van der Waals surface area contributed by atoms with Crippen molar-refractivity contribution in [1.29, 1.82) is 0 Å². The standard InChI is InChI=1S/C17H19NO3/c1-12-11-18(13(2)15(12)8-9-17(20)21)16(19)10-14-6-4-3-5-7-14/h3-7,11H,8-10H2,1-2H3,(H,20,21). The minimum Gasteiger partial charge on any atom is -0.481 e. The fourth-order valence-electron chi connectivity index (χ4n) is 2.52. The van der Waals surface area contributed by atoms with Gasteiger partial charge in [-0.15, -0.1) is 0 Å². The molecule has 0 spiro atoms. The molecule has 4 nitrogen and oxygen atoms in total. The van der Waals surface area contributed by atoms with Gasteiger partial charge in [0.15, 0.2) is 0 Å². The van der Waals surface area contributed by atoms with E-state index in [9.17, 15) is 9.59 Å². The van der Waals surface area contributed by atoms with Crippen LogP contribution in [0.3, 0.4) is 0 Å². The number of carbonyl (C=O) groups excluding carboxylic acids is 1. The zero-order chi connectivity index (χ0) is 15.4. The lowest BCUT2D eigenvalue weighted by Crippen LogP contribution is -2.14. The van der Waals surface area contributed by atoms with E-state index in [2.05, 4.69) is 0 Å². The molecule has 1 N–H and O–H groups in total. The van der Waals surface area contributed by atoms with Crippen LogP contribution >= 0.6 is 0 Å². The Balaban J connectivity index is 2.18. The van der Waals surface area contributed by atoms with Gasteiger partial charge in [-0.2, -0.15) is 0 Å². The van der Waals surface area contributed by atoms with Crippen molar-refractivity contribution in [3.8, 4) is 0 Å². The Kier molecular flexibility index (Phi) is 4.58. The Morgan fingerprint density at radius 3 is 2.43 bits per heavy atom. The number of benzene rings is 1. The van der Waals surface area contributed by atoms with Crippen molar-refractivity contribution < 1.29 is 14.7 Å². The second-order valence-electron chi connectivity index (χ2n) is 5.20. The summed E-state index contributed by atoms with van der Waals surface area (Å²) >= 11 is 0. The molecule has 0 fully saturated rings. The first-order chi connectivity index (χ1) is 9.99. The van der Waals surface area contributed by atoms with Crippen molar-refractivity contribution in [3.63, 3.8) is 0 Å². The lowest BCUT2D eigenvalue weighted by atomic mass is 10.1. The first kappa shape index (κ1) is 15.0. The van der Waals surface area contributed by atoms with Gasteiger partial charge < -0.3 is 5.11 Å². The molecule has 0 bridgehead atoms. The average Bonchev–Trinajstić information content (AvgIpc) is 2.73. The zero-order valence-corrected chi connectivity index (χ0v) is 12.3. The summed E-state index contributed by atoms with van der Waals surface area (Å²) in [6.07, 6.45) is 2.68. The normalized spacial score (nSPS) is 10.6. The van der Waals surface area contributed by atoms with Gasteiger partial charge in [0.1, 0.15) is 0 Å². The predicted molar refractivity (Wildman–Crippen MR) is 80.6 cm³/mol. The first-order valence-corrected chi connectivity index (χ1v) is 6.95. The Morgan fingerprint density at radius 1 is 1.14 bits per heavy atom. The van der Waals surface area contributed by atoms with Crippen LogP contribution in [0.25, 0.3) is 0 Å². The van der Waals surface area contributed by atoms with E-state index >= 15 is 0 Å². The van der Waals surface area contributed by atoms with Crippen LogP contribution < -0.4 is 0 Å². The molecule has 1 aromatic heterocycles. The third kappa shape index (κ3) is 3.60. The molecule has 0 saturated carbocycles. The number of carboxylic acid groups (broad SMARTS) is 1. The van der Waals surface area contributed by atoms with Crippen LogP contribution in [-0.2, 0) is 17.6 Å². The molecule has 0 aliphatic carbocycles. The Morgan fingerprint density at radius 2 is 1.81 bits per heavy atom. The molecule has 2 aromatic rings. The largest absolute Gasteiger partial charge is 0.481 e. The molecule has 0 saturated heterocycles. The van der Waals surface area contributed by atoms with Gasteiger partial charge in [0.05, 0.1) is 6.42 Å². The van der Waals surface area contributed by atoms with Crippen LogP contribution in [0.4, 0.5) is 0 Å². The number of aromatic nitrogens is 1. The maximum absolute atomic E-state index is 12.4. The third-order valence-corrected chi connectivity index (χ3v) is 3.65. The highest BCUT2D eigenvalue weighted by Crippen LogP contribution is 2.19. The summed E-state index contributed by atoms with van der Waals surface area (Å²) in [4.78, 5) is 23.1. The van der Waals surface area contributed by atoms with Gasteiger partial charge in [-0.25, -0.2) is 0 Å². The summed E-state index contributed by atoms with van der Waals surface area (Å²) < 4.78 is 1.64. The number of rotatable bonds is 5. The van der Waals surface area contributed by atoms with Crippen molar-refractivity contribution in [2.45, 2.75) is 33.1 Å². The summed E-state index contributed by atoms with van der Waals surface area (Å²) in [6, 6.07) is 9.59. The van der Waals surface area contributed by atoms with E-state index < -0.39 is 5.97 Å². The van der Waals surface area contributed by atoms with Gasteiger partial charge in [0.25, 0.3) is 0 Å². The molecule has 21 heavy (non-hydrogen) atoms. The maximum atomic E-state index is 12.4. The predicted octanol–water partition coefficient (Wildman–Crippen LogP) is 3.01. The molecule has 0 aliphatic heterocycles. The first-order valence-electron chi connectivity index (χ1n) is 6.95. The van der Waals surface area contributed by atoms with E-state index in [1.807, 2.05) is 44.2 Å². The minimum absolute atomic E-state index is 0.00313.